The summed E-state index contributed by atoms with van der Waals surface area (Å²) >= 11 is 1.50. The Morgan fingerprint density at radius 2 is 1.87 bits per heavy atom. The van der Waals surface area contributed by atoms with Gasteiger partial charge in [0.05, 0.1) is 5.56 Å². The molecule has 0 radical (unpaired) electrons. The number of fused-ring (bicyclic) bond motifs is 1. The van der Waals surface area contributed by atoms with Crippen molar-refractivity contribution >= 4 is 29.3 Å². The van der Waals surface area contributed by atoms with Crippen molar-refractivity contribution in [1.29, 1.82) is 0 Å². The van der Waals surface area contributed by atoms with Crippen LogP contribution in [0.4, 0.5) is 5.69 Å². The van der Waals surface area contributed by atoms with E-state index in [2.05, 4.69) is 10.2 Å². The monoisotopic (exact) mass is 436 g/mol. The summed E-state index contributed by atoms with van der Waals surface area (Å²) in [5, 5.41) is 9.01. The minimum Gasteiger partial charge on any atom is -0.449 e. The van der Waals surface area contributed by atoms with Crippen LogP contribution in [0.15, 0.2) is 53.7 Å². The minimum absolute atomic E-state index is 0.179. The molecular formula is C23H24N4O3S. The van der Waals surface area contributed by atoms with E-state index in [4.69, 9.17) is 4.74 Å². The quantitative estimate of drug-likeness (QED) is 0.432. The molecule has 0 N–H and O–H groups in total. The fraction of sp³-hybridized carbons (Fsp3) is 0.304. The summed E-state index contributed by atoms with van der Waals surface area (Å²) in [5.74, 6) is 0.0779. The number of rotatable bonds is 6. The summed E-state index contributed by atoms with van der Waals surface area (Å²) in [5.41, 5.74) is 3.30. The van der Waals surface area contributed by atoms with E-state index in [9.17, 15) is 9.59 Å². The molecule has 0 spiro atoms. The van der Waals surface area contributed by atoms with Crippen LogP contribution in [0.25, 0.3) is 5.69 Å². The molecule has 0 bridgehead atoms. The van der Waals surface area contributed by atoms with Gasteiger partial charge < -0.3 is 9.64 Å². The molecule has 31 heavy (non-hydrogen) atoms. The van der Waals surface area contributed by atoms with E-state index in [1.54, 1.807) is 17.0 Å². The molecular weight excluding hydrogens is 412 g/mol. The minimum atomic E-state index is -0.818. The van der Waals surface area contributed by atoms with Crippen LogP contribution in [-0.4, -0.2) is 45.5 Å². The van der Waals surface area contributed by atoms with Gasteiger partial charge in [-0.2, -0.15) is 0 Å². The highest BCUT2D eigenvalue weighted by molar-refractivity contribution is 7.98. The molecule has 4 rings (SSSR count). The third-order valence-electron chi connectivity index (χ3n) is 5.39. The van der Waals surface area contributed by atoms with Crippen molar-refractivity contribution < 1.29 is 14.3 Å². The molecule has 0 fully saturated rings. The Labute approximate surface area is 185 Å². The number of aromatic nitrogens is 3. The molecule has 0 saturated carbocycles. The van der Waals surface area contributed by atoms with E-state index < -0.39 is 12.1 Å². The molecule has 0 aliphatic carbocycles. The Morgan fingerprint density at radius 3 is 2.58 bits per heavy atom. The van der Waals surface area contributed by atoms with Gasteiger partial charge in [0.1, 0.15) is 5.82 Å². The summed E-state index contributed by atoms with van der Waals surface area (Å²) in [6.07, 6.45) is 2.35. The number of anilines is 1. The first-order valence-electron chi connectivity index (χ1n) is 10.2. The Kier molecular flexibility index (Phi) is 6.08. The first-order chi connectivity index (χ1) is 15.0. The average molecular weight is 437 g/mol. The molecule has 0 saturated heterocycles. The molecule has 7 nitrogen and oxygen atoms in total. The Hall–Kier alpha value is -3.13. The standard InChI is InChI=1S/C23H24N4O3S/c1-4-20(21(28)26-14-13-16-7-5-6-8-19(16)26)30-22(29)17-9-11-18(12-10-17)27-15(2)24-25-23(27)31-3/h5-12,20H,4,13-14H2,1-3H3. The number of hydrogen-bond acceptors (Lipinski definition) is 6. The number of amides is 1. The largest absolute Gasteiger partial charge is 0.449 e. The van der Waals surface area contributed by atoms with Gasteiger partial charge in [0, 0.05) is 17.9 Å². The number of benzene rings is 2. The topological polar surface area (TPSA) is 77.3 Å². The fourth-order valence-corrected chi connectivity index (χ4v) is 4.31. The Morgan fingerprint density at radius 1 is 1.13 bits per heavy atom. The number of hydrogen-bond donors (Lipinski definition) is 0. The van der Waals surface area contributed by atoms with E-state index in [0.29, 0.717) is 18.5 Å². The lowest BCUT2D eigenvalue weighted by atomic mass is 10.1. The van der Waals surface area contributed by atoms with Crippen LogP contribution in [0, 0.1) is 6.92 Å². The van der Waals surface area contributed by atoms with Crippen LogP contribution in [0.3, 0.4) is 0 Å². The van der Waals surface area contributed by atoms with Gasteiger partial charge in [-0.15, -0.1) is 10.2 Å². The van der Waals surface area contributed by atoms with Crippen LogP contribution in [0.1, 0.15) is 35.1 Å². The maximum absolute atomic E-state index is 13.1. The maximum atomic E-state index is 13.1. The number of aryl methyl sites for hydroxylation is 1. The number of nitrogens with zero attached hydrogens (tertiary/aromatic N) is 4. The molecule has 2 heterocycles. The Balaban J connectivity index is 1.48. The number of thioether (sulfide) groups is 1. The van der Waals surface area contributed by atoms with E-state index in [0.717, 1.165) is 34.3 Å². The highest BCUT2D eigenvalue weighted by Crippen LogP contribution is 2.29. The molecule has 1 aliphatic rings. The number of ether oxygens (including phenoxy) is 1. The molecule has 1 aromatic heterocycles. The second kappa shape index (κ2) is 8.93. The van der Waals surface area contributed by atoms with Crippen molar-refractivity contribution in [2.45, 2.75) is 37.9 Å². The summed E-state index contributed by atoms with van der Waals surface area (Å²) in [4.78, 5) is 27.5. The van der Waals surface area contributed by atoms with Crippen molar-refractivity contribution in [2.75, 3.05) is 17.7 Å². The lowest BCUT2D eigenvalue weighted by Gasteiger charge is -2.23. The zero-order valence-electron chi connectivity index (χ0n) is 17.7. The molecule has 1 amide bonds. The SMILES string of the molecule is CCC(OC(=O)c1ccc(-n2c(C)nnc2SC)cc1)C(=O)N1CCc2ccccc21. The first-order valence-corrected chi connectivity index (χ1v) is 11.4. The predicted octanol–water partition coefficient (Wildman–Crippen LogP) is 3.82. The van der Waals surface area contributed by atoms with Gasteiger partial charge in [-0.1, -0.05) is 36.9 Å². The van der Waals surface area contributed by atoms with Crippen LogP contribution >= 0.6 is 11.8 Å². The second-order valence-electron chi connectivity index (χ2n) is 7.29. The number of carbonyl (C=O) groups excluding carboxylic acids is 2. The lowest BCUT2D eigenvalue weighted by Crippen LogP contribution is -2.40. The van der Waals surface area contributed by atoms with Crippen molar-refractivity contribution in [3.05, 3.63) is 65.5 Å². The third kappa shape index (κ3) is 4.07. The summed E-state index contributed by atoms with van der Waals surface area (Å²) in [6.45, 7) is 4.33. The van der Waals surface area contributed by atoms with Crippen LogP contribution < -0.4 is 4.90 Å². The first kappa shape index (κ1) is 21.1. The zero-order valence-corrected chi connectivity index (χ0v) is 18.6. The summed E-state index contributed by atoms with van der Waals surface area (Å²) in [6, 6.07) is 14.9. The van der Waals surface area contributed by atoms with Gasteiger partial charge >= 0.3 is 5.97 Å². The molecule has 3 aromatic rings. The van der Waals surface area contributed by atoms with Gasteiger partial charge in [-0.3, -0.25) is 9.36 Å². The smallest absolute Gasteiger partial charge is 0.338 e. The van der Waals surface area contributed by atoms with Crippen molar-refractivity contribution in [1.82, 2.24) is 14.8 Å². The van der Waals surface area contributed by atoms with Crippen LogP contribution in [-0.2, 0) is 16.0 Å². The van der Waals surface area contributed by atoms with Crippen LogP contribution in [0.5, 0.6) is 0 Å². The third-order valence-corrected chi connectivity index (χ3v) is 6.02. The fourth-order valence-electron chi connectivity index (χ4n) is 3.77. The van der Waals surface area contributed by atoms with Crippen molar-refractivity contribution in [2.24, 2.45) is 0 Å². The molecule has 1 atom stereocenters. The number of esters is 1. The van der Waals surface area contributed by atoms with Gasteiger partial charge in [0.15, 0.2) is 11.3 Å². The van der Waals surface area contributed by atoms with Crippen molar-refractivity contribution in [3.8, 4) is 5.69 Å². The van der Waals surface area contributed by atoms with E-state index in [1.807, 2.05) is 61.1 Å². The molecule has 160 valence electrons. The molecule has 1 unspecified atom stereocenters. The van der Waals surface area contributed by atoms with Gasteiger partial charge in [-0.05, 0) is 61.9 Å². The van der Waals surface area contributed by atoms with E-state index in [-0.39, 0.29) is 5.91 Å². The zero-order chi connectivity index (χ0) is 22.0. The van der Waals surface area contributed by atoms with E-state index >= 15 is 0 Å². The molecule has 2 aromatic carbocycles. The maximum Gasteiger partial charge on any atom is 0.338 e. The van der Waals surface area contributed by atoms with Gasteiger partial charge in [-0.25, -0.2) is 4.79 Å². The lowest BCUT2D eigenvalue weighted by molar-refractivity contribution is -0.127. The molecule has 8 heteroatoms. The van der Waals surface area contributed by atoms with Crippen molar-refractivity contribution in [3.63, 3.8) is 0 Å². The highest BCUT2D eigenvalue weighted by Gasteiger charge is 2.31. The normalized spacial score (nSPS) is 13.7. The second-order valence-corrected chi connectivity index (χ2v) is 8.06. The van der Waals surface area contributed by atoms with Gasteiger partial charge in [0.2, 0.25) is 0 Å². The van der Waals surface area contributed by atoms with Gasteiger partial charge in [0.25, 0.3) is 5.91 Å². The number of para-hydroxylation sites is 1. The van der Waals surface area contributed by atoms with E-state index in [1.165, 1.54) is 11.8 Å². The summed E-state index contributed by atoms with van der Waals surface area (Å²) in [7, 11) is 0. The Bertz CT molecular complexity index is 1110. The average Bonchev–Trinajstić information content (AvgIpc) is 3.40. The van der Waals surface area contributed by atoms with Crippen LogP contribution in [0.2, 0.25) is 0 Å². The highest BCUT2D eigenvalue weighted by atomic mass is 32.2. The number of carbonyl (C=O) groups is 2. The molecule has 1 aliphatic heterocycles. The summed E-state index contributed by atoms with van der Waals surface area (Å²) < 4.78 is 7.53. The predicted molar refractivity (Wildman–Crippen MR) is 120 cm³/mol.